The molecule has 3 aromatic rings. The number of anilines is 1. The Kier molecular flexibility index (Phi) is 8.40. The van der Waals surface area contributed by atoms with Gasteiger partial charge in [-0.1, -0.05) is 38.1 Å². The number of halogens is 4. The van der Waals surface area contributed by atoms with Crippen LogP contribution in [0.3, 0.4) is 0 Å². The van der Waals surface area contributed by atoms with Crippen molar-refractivity contribution in [2.75, 3.05) is 10.7 Å². The molecule has 48 heavy (non-hydrogen) atoms. The Labute approximate surface area is 272 Å². The average Bonchev–Trinajstić information content (AvgIpc) is 3.65. The number of carbonyl (C=O) groups is 2. The molecule has 1 atom stereocenters. The molecule has 3 heterocycles. The Morgan fingerprint density at radius 3 is 2.33 bits per heavy atom. The lowest BCUT2D eigenvalue weighted by molar-refractivity contribution is -0.166. The summed E-state index contributed by atoms with van der Waals surface area (Å²) in [5.41, 5.74) is -5.11. The SMILES string of the molecule is C#CCC(C)(C)c1nnc(-c2cc3c(cc2F)S(=O)(=O)C[C@H](NC(=O)OC(C)(C)C)C(=O)N3Cc2ccc(C3(C(F)(F)F)N=N3)cc2)o1. The predicted octanol–water partition coefficient (Wildman–Crippen LogP) is 5.57. The standard InChI is InChI=1S/C31H30F4N6O6S/c1-7-12-29(5,6)26-38-37-24(46-26)19-13-22-23(14-20(19)32)48(44,45)16-21(36-27(43)47-28(2,3)4)25(42)41(22)15-17-8-10-18(11-9-17)30(39-40-30)31(33,34)35/h1,8-11,13-14,21H,12,15-16H2,2-6H3,(H,36,43)/t21-/m0/s1. The number of alkyl carbamates (subject to hydrolysis) is 1. The van der Waals surface area contributed by atoms with Crippen LogP contribution in [0.4, 0.5) is 28.0 Å². The van der Waals surface area contributed by atoms with Crippen molar-refractivity contribution in [1.29, 1.82) is 0 Å². The average molecular weight is 691 g/mol. The molecular weight excluding hydrogens is 660 g/mol. The van der Waals surface area contributed by atoms with E-state index in [9.17, 15) is 31.2 Å². The molecule has 0 fully saturated rings. The topological polar surface area (TPSA) is 156 Å². The van der Waals surface area contributed by atoms with Gasteiger partial charge in [0.15, 0.2) is 9.84 Å². The van der Waals surface area contributed by atoms with Crippen molar-refractivity contribution in [3.8, 4) is 23.8 Å². The monoisotopic (exact) mass is 690 g/mol. The molecule has 5 rings (SSSR count). The largest absolute Gasteiger partial charge is 0.444 e. The number of nitrogens with zero attached hydrogens (tertiary/aromatic N) is 5. The van der Waals surface area contributed by atoms with Crippen LogP contribution < -0.4 is 10.2 Å². The van der Waals surface area contributed by atoms with Gasteiger partial charge in [0, 0.05) is 12.0 Å². The minimum absolute atomic E-state index is 0.0813. The van der Waals surface area contributed by atoms with E-state index in [0.29, 0.717) is 6.07 Å². The summed E-state index contributed by atoms with van der Waals surface area (Å²) in [6.45, 7) is 7.75. The molecule has 17 heteroatoms. The molecule has 1 aromatic heterocycles. The number of ether oxygens (including phenoxy) is 1. The maximum Gasteiger partial charge on any atom is 0.442 e. The van der Waals surface area contributed by atoms with Gasteiger partial charge in [-0.15, -0.1) is 32.8 Å². The first-order chi connectivity index (χ1) is 22.2. The molecule has 0 spiro atoms. The first-order valence-electron chi connectivity index (χ1n) is 14.4. The molecule has 0 aliphatic carbocycles. The summed E-state index contributed by atoms with van der Waals surface area (Å²) in [6, 6.07) is 4.91. The van der Waals surface area contributed by atoms with Crippen LogP contribution in [-0.4, -0.2) is 54.2 Å². The van der Waals surface area contributed by atoms with Crippen LogP contribution in [0.25, 0.3) is 11.5 Å². The van der Waals surface area contributed by atoms with Gasteiger partial charge in [0.05, 0.1) is 33.9 Å². The Balaban J connectivity index is 1.60. The number of aromatic nitrogens is 2. The van der Waals surface area contributed by atoms with E-state index in [1.807, 2.05) is 0 Å². The van der Waals surface area contributed by atoms with Crippen LogP contribution in [0.2, 0.25) is 0 Å². The van der Waals surface area contributed by atoms with Gasteiger partial charge in [-0.05, 0) is 38.5 Å². The van der Waals surface area contributed by atoms with Gasteiger partial charge in [-0.2, -0.15) is 13.2 Å². The number of nitrogens with one attached hydrogen (secondary N) is 1. The molecule has 2 aliphatic heterocycles. The van der Waals surface area contributed by atoms with Crippen molar-refractivity contribution in [2.45, 2.75) is 81.4 Å². The summed E-state index contributed by atoms with van der Waals surface area (Å²) >= 11 is 0. The van der Waals surface area contributed by atoms with Gasteiger partial charge in [0.25, 0.3) is 11.8 Å². The van der Waals surface area contributed by atoms with Crippen molar-refractivity contribution >= 4 is 27.5 Å². The highest BCUT2D eigenvalue weighted by Crippen LogP contribution is 2.52. The van der Waals surface area contributed by atoms with E-state index in [4.69, 9.17) is 15.6 Å². The molecule has 0 radical (unpaired) electrons. The lowest BCUT2D eigenvalue weighted by Crippen LogP contribution is -2.51. The molecule has 0 saturated heterocycles. The third-order valence-electron chi connectivity index (χ3n) is 7.49. The van der Waals surface area contributed by atoms with Gasteiger partial charge < -0.3 is 19.4 Å². The van der Waals surface area contributed by atoms with E-state index in [1.165, 1.54) is 12.1 Å². The number of fused-ring (bicyclic) bond motifs is 1. The zero-order valence-electron chi connectivity index (χ0n) is 26.3. The summed E-state index contributed by atoms with van der Waals surface area (Å²) in [5.74, 6) is -0.692. The third kappa shape index (κ3) is 6.61. The fraction of sp³-hybridized carbons (Fsp3) is 0.419. The number of sulfone groups is 1. The Morgan fingerprint density at radius 2 is 1.77 bits per heavy atom. The highest BCUT2D eigenvalue weighted by atomic mass is 32.2. The Bertz CT molecular complexity index is 1950. The fourth-order valence-electron chi connectivity index (χ4n) is 4.98. The van der Waals surface area contributed by atoms with Gasteiger partial charge in [0.2, 0.25) is 5.89 Å². The van der Waals surface area contributed by atoms with Crippen LogP contribution in [0.1, 0.15) is 58.1 Å². The van der Waals surface area contributed by atoms with E-state index in [2.05, 4.69) is 31.7 Å². The van der Waals surface area contributed by atoms with Crippen LogP contribution in [0.5, 0.6) is 0 Å². The molecule has 0 bridgehead atoms. The molecule has 0 unspecified atom stereocenters. The number of alkyl halides is 3. The third-order valence-corrected chi connectivity index (χ3v) is 9.26. The molecule has 2 aromatic carbocycles. The van der Waals surface area contributed by atoms with Crippen molar-refractivity contribution < 1.29 is 44.7 Å². The van der Waals surface area contributed by atoms with E-state index in [-0.39, 0.29) is 40.6 Å². The summed E-state index contributed by atoms with van der Waals surface area (Å²) in [7, 11) is -4.47. The van der Waals surface area contributed by atoms with E-state index in [0.717, 1.165) is 23.1 Å². The second kappa shape index (κ2) is 11.7. The van der Waals surface area contributed by atoms with Crippen molar-refractivity contribution in [2.24, 2.45) is 10.2 Å². The summed E-state index contributed by atoms with van der Waals surface area (Å²) in [4.78, 5) is 27.1. The minimum atomic E-state index is -4.77. The molecule has 2 aliphatic rings. The molecule has 2 amide bonds. The zero-order chi connectivity index (χ0) is 35.4. The van der Waals surface area contributed by atoms with E-state index < -0.39 is 73.7 Å². The van der Waals surface area contributed by atoms with Crippen LogP contribution >= 0.6 is 0 Å². The summed E-state index contributed by atoms with van der Waals surface area (Å²) in [6.07, 6.45) is -0.208. The van der Waals surface area contributed by atoms with Crippen molar-refractivity contribution in [3.63, 3.8) is 0 Å². The summed E-state index contributed by atoms with van der Waals surface area (Å²) in [5, 5.41) is 16.5. The predicted molar refractivity (Wildman–Crippen MR) is 162 cm³/mol. The van der Waals surface area contributed by atoms with Gasteiger partial charge in [-0.3, -0.25) is 4.79 Å². The van der Waals surface area contributed by atoms with Crippen molar-refractivity contribution in [3.05, 3.63) is 59.2 Å². The molecule has 254 valence electrons. The summed E-state index contributed by atoms with van der Waals surface area (Å²) < 4.78 is 94.6. The second-order valence-corrected chi connectivity index (χ2v) is 15.0. The highest BCUT2D eigenvalue weighted by Gasteiger charge is 2.65. The lowest BCUT2D eigenvalue weighted by Gasteiger charge is -2.27. The van der Waals surface area contributed by atoms with Crippen LogP contribution in [0.15, 0.2) is 55.9 Å². The minimum Gasteiger partial charge on any atom is -0.444 e. The number of hydrogen-bond donors (Lipinski definition) is 1. The number of amides is 2. The number of hydrogen-bond acceptors (Lipinski definition) is 10. The number of terminal acetylenes is 1. The maximum absolute atomic E-state index is 15.7. The Morgan fingerprint density at radius 1 is 1.12 bits per heavy atom. The van der Waals surface area contributed by atoms with E-state index in [1.54, 1.807) is 34.6 Å². The number of rotatable bonds is 7. The van der Waals surface area contributed by atoms with Gasteiger partial charge in [-0.25, -0.2) is 17.6 Å². The molecule has 12 nitrogen and oxygen atoms in total. The van der Waals surface area contributed by atoms with Crippen LogP contribution in [0, 0.1) is 18.2 Å². The maximum atomic E-state index is 15.7. The Hall–Kier alpha value is -4.85. The number of benzene rings is 2. The first-order valence-corrected chi connectivity index (χ1v) is 16.1. The molecule has 1 N–H and O–H groups in total. The zero-order valence-corrected chi connectivity index (χ0v) is 27.2. The second-order valence-electron chi connectivity index (χ2n) is 12.9. The number of carbonyl (C=O) groups excluding carboxylic acids is 2. The van der Waals surface area contributed by atoms with Gasteiger partial charge >= 0.3 is 17.9 Å². The molecular formula is C31H30F4N6O6S. The smallest absolute Gasteiger partial charge is 0.442 e. The van der Waals surface area contributed by atoms with Crippen LogP contribution in [-0.2, 0) is 37.0 Å². The molecule has 0 saturated carbocycles. The fourth-order valence-corrected chi connectivity index (χ4v) is 6.59. The van der Waals surface area contributed by atoms with Gasteiger partial charge in [0.1, 0.15) is 17.5 Å². The normalized spacial score (nSPS) is 18.5. The highest BCUT2D eigenvalue weighted by molar-refractivity contribution is 7.91. The quantitative estimate of drug-likeness (QED) is 0.249. The van der Waals surface area contributed by atoms with E-state index >= 15 is 4.39 Å². The lowest BCUT2D eigenvalue weighted by atomic mass is 9.90. The van der Waals surface area contributed by atoms with Crippen molar-refractivity contribution in [1.82, 2.24) is 15.5 Å². The first kappa shape index (κ1) is 34.5.